The Hall–Kier alpha value is -2.29. The van der Waals surface area contributed by atoms with Gasteiger partial charge in [0.2, 0.25) is 11.8 Å². The number of aryl methyl sites for hydroxylation is 1. The van der Waals surface area contributed by atoms with Crippen LogP contribution >= 0.6 is 0 Å². The molecular weight excluding hydrogens is 262 g/mol. The Morgan fingerprint density at radius 3 is 3.15 bits per heavy atom. The summed E-state index contributed by atoms with van der Waals surface area (Å²) in [5.74, 6) is 0.939. The molecule has 2 rings (SSSR count). The summed E-state index contributed by atoms with van der Waals surface area (Å²) in [5.41, 5.74) is 5.83. The highest BCUT2D eigenvalue weighted by Crippen LogP contribution is 2.02. The number of carbonyl (C=O) groups is 1. The van der Waals surface area contributed by atoms with E-state index >= 15 is 0 Å². The van der Waals surface area contributed by atoms with Gasteiger partial charge in [-0.15, -0.1) is 5.10 Å². The summed E-state index contributed by atoms with van der Waals surface area (Å²) >= 11 is 0. The molecule has 0 aliphatic carbocycles. The predicted molar refractivity (Wildman–Crippen MR) is 68.3 cm³/mol. The van der Waals surface area contributed by atoms with E-state index in [1.54, 1.807) is 10.9 Å². The molecule has 0 unspecified atom stereocenters. The monoisotopic (exact) mass is 279 g/mol. The number of hydrogen-bond acceptors (Lipinski definition) is 7. The summed E-state index contributed by atoms with van der Waals surface area (Å²) in [6.45, 7) is 2.65. The molecule has 0 bridgehead atoms. The molecule has 2 heterocycles. The van der Waals surface area contributed by atoms with Crippen molar-refractivity contribution in [2.24, 2.45) is 5.73 Å². The average Bonchev–Trinajstić information content (AvgIpc) is 3.07. The van der Waals surface area contributed by atoms with E-state index in [0.717, 1.165) is 12.8 Å². The van der Waals surface area contributed by atoms with Crippen molar-refractivity contribution in [1.29, 1.82) is 0 Å². The largest absolute Gasteiger partial charge is 0.349 e. The highest BCUT2D eigenvalue weighted by Gasteiger charge is 2.08. The lowest BCUT2D eigenvalue weighted by atomic mass is 10.3. The van der Waals surface area contributed by atoms with Gasteiger partial charge in [0.05, 0.1) is 19.3 Å². The number of aromatic nitrogens is 5. The minimum atomic E-state index is -0.236. The van der Waals surface area contributed by atoms with Gasteiger partial charge < -0.3 is 15.6 Å². The van der Waals surface area contributed by atoms with Gasteiger partial charge in [-0.25, -0.2) is 4.68 Å². The van der Waals surface area contributed by atoms with E-state index in [0.29, 0.717) is 30.5 Å². The van der Waals surface area contributed by atoms with Crippen LogP contribution in [-0.4, -0.2) is 37.6 Å². The maximum absolute atomic E-state index is 11.0. The van der Waals surface area contributed by atoms with E-state index in [2.05, 4.69) is 32.7 Å². The molecule has 1 amide bonds. The van der Waals surface area contributed by atoms with Crippen molar-refractivity contribution in [1.82, 2.24) is 30.5 Å². The lowest BCUT2D eigenvalue weighted by Gasteiger charge is -1.98. The standard InChI is InChI=1S/C11H17N7O2/c1-2-3-9-14-11(20-16-9)7-18-6-8(15-17-18)5-13-10(19)4-12/h6H,2-5,7,12H2,1H3,(H,13,19). The topological polar surface area (TPSA) is 125 Å². The highest BCUT2D eigenvalue weighted by molar-refractivity contribution is 5.77. The first-order valence-electron chi connectivity index (χ1n) is 6.38. The maximum atomic E-state index is 11.0. The summed E-state index contributed by atoms with van der Waals surface area (Å²) in [5, 5.41) is 14.3. The number of nitrogens with two attached hydrogens (primary N) is 1. The summed E-state index contributed by atoms with van der Waals surface area (Å²) in [4.78, 5) is 15.3. The summed E-state index contributed by atoms with van der Waals surface area (Å²) in [6, 6.07) is 0. The van der Waals surface area contributed by atoms with Crippen LogP contribution in [-0.2, 0) is 24.3 Å². The zero-order valence-corrected chi connectivity index (χ0v) is 11.2. The second-order valence-electron chi connectivity index (χ2n) is 4.24. The Morgan fingerprint density at radius 2 is 2.40 bits per heavy atom. The molecule has 20 heavy (non-hydrogen) atoms. The van der Waals surface area contributed by atoms with Crippen LogP contribution in [0.3, 0.4) is 0 Å². The van der Waals surface area contributed by atoms with Gasteiger partial charge in [-0.3, -0.25) is 4.79 Å². The van der Waals surface area contributed by atoms with Gasteiger partial charge in [0.25, 0.3) is 0 Å². The lowest BCUT2D eigenvalue weighted by Crippen LogP contribution is -2.29. The van der Waals surface area contributed by atoms with Crippen LogP contribution in [0.15, 0.2) is 10.7 Å². The maximum Gasteiger partial charge on any atom is 0.248 e. The van der Waals surface area contributed by atoms with Crippen LogP contribution in [0.5, 0.6) is 0 Å². The molecule has 0 spiro atoms. The first kappa shape index (κ1) is 14.1. The molecule has 108 valence electrons. The van der Waals surface area contributed by atoms with Crippen LogP contribution < -0.4 is 11.1 Å². The van der Waals surface area contributed by atoms with Gasteiger partial charge in [0.15, 0.2) is 5.82 Å². The van der Waals surface area contributed by atoms with Crippen LogP contribution in [0.4, 0.5) is 0 Å². The number of carbonyl (C=O) groups excluding carboxylic acids is 1. The van der Waals surface area contributed by atoms with E-state index < -0.39 is 0 Å². The second kappa shape index (κ2) is 6.75. The average molecular weight is 279 g/mol. The number of amides is 1. The molecule has 2 aromatic heterocycles. The number of hydrogen-bond donors (Lipinski definition) is 2. The fourth-order valence-corrected chi connectivity index (χ4v) is 1.58. The van der Waals surface area contributed by atoms with Crippen molar-refractivity contribution in [2.45, 2.75) is 32.9 Å². The summed E-state index contributed by atoms with van der Waals surface area (Å²) in [7, 11) is 0. The molecular formula is C11H17N7O2. The van der Waals surface area contributed by atoms with E-state index in [-0.39, 0.29) is 12.5 Å². The molecule has 0 saturated heterocycles. The molecule has 3 N–H and O–H groups in total. The van der Waals surface area contributed by atoms with Gasteiger partial charge in [-0.05, 0) is 6.42 Å². The quantitative estimate of drug-likeness (QED) is 0.682. The molecule has 0 radical (unpaired) electrons. The van der Waals surface area contributed by atoms with Crippen LogP contribution in [0, 0.1) is 0 Å². The minimum absolute atomic E-state index is 0.0453. The molecule has 0 atom stereocenters. The van der Waals surface area contributed by atoms with Crippen molar-refractivity contribution in [2.75, 3.05) is 6.54 Å². The summed E-state index contributed by atoms with van der Waals surface area (Å²) in [6.07, 6.45) is 3.46. The third-order valence-corrected chi connectivity index (χ3v) is 2.52. The Labute approximate surface area is 115 Å². The molecule has 0 saturated carbocycles. The zero-order valence-electron chi connectivity index (χ0n) is 11.2. The number of nitrogens with one attached hydrogen (secondary N) is 1. The molecule has 0 aliphatic heterocycles. The van der Waals surface area contributed by atoms with Gasteiger partial charge in [0, 0.05) is 6.42 Å². The first-order chi connectivity index (χ1) is 9.71. The number of nitrogens with zero attached hydrogens (tertiary/aromatic N) is 5. The smallest absolute Gasteiger partial charge is 0.248 e. The Morgan fingerprint density at radius 1 is 1.55 bits per heavy atom. The number of rotatable bonds is 7. The molecule has 9 nitrogen and oxygen atoms in total. The summed E-state index contributed by atoms with van der Waals surface area (Å²) < 4.78 is 6.69. The first-order valence-corrected chi connectivity index (χ1v) is 6.38. The van der Waals surface area contributed by atoms with E-state index in [9.17, 15) is 4.79 Å². The van der Waals surface area contributed by atoms with Gasteiger partial charge in [0.1, 0.15) is 12.2 Å². The van der Waals surface area contributed by atoms with Crippen LogP contribution in [0.1, 0.15) is 30.8 Å². The van der Waals surface area contributed by atoms with Crippen molar-refractivity contribution < 1.29 is 9.32 Å². The minimum Gasteiger partial charge on any atom is -0.349 e. The van der Waals surface area contributed by atoms with Crippen LogP contribution in [0.25, 0.3) is 0 Å². The predicted octanol–water partition coefficient (Wildman–Crippen LogP) is -0.763. The lowest BCUT2D eigenvalue weighted by molar-refractivity contribution is -0.119. The highest BCUT2D eigenvalue weighted by atomic mass is 16.5. The molecule has 2 aromatic rings. The zero-order chi connectivity index (χ0) is 14.4. The van der Waals surface area contributed by atoms with Gasteiger partial charge in [-0.2, -0.15) is 4.98 Å². The second-order valence-corrected chi connectivity index (χ2v) is 4.24. The van der Waals surface area contributed by atoms with E-state index in [4.69, 9.17) is 10.3 Å². The van der Waals surface area contributed by atoms with E-state index in [1.165, 1.54) is 0 Å². The Balaban J connectivity index is 1.89. The van der Waals surface area contributed by atoms with E-state index in [1.807, 2.05) is 0 Å². The SMILES string of the molecule is CCCc1noc(Cn2cc(CNC(=O)CN)nn2)n1. The third-order valence-electron chi connectivity index (χ3n) is 2.52. The normalized spacial score (nSPS) is 10.7. The fraction of sp³-hybridized carbons (Fsp3) is 0.545. The fourth-order valence-electron chi connectivity index (χ4n) is 1.58. The van der Waals surface area contributed by atoms with Gasteiger partial charge >= 0.3 is 0 Å². The van der Waals surface area contributed by atoms with Gasteiger partial charge in [-0.1, -0.05) is 17.3 Å². The molecule has 0 aliphatic rings. The molecule has 0 aromatic carbocycles. The van der Waals surface area contributed by atoms with Crippen molar-refractivity contribution >= 4 is 5.91 Å². The molecule has 0 fully saturated rings. The van der Waals surface area contributed by atoms with Crippen molar-refractivity contribution in [3.8, 4) is 0 Å². The molecule has 9 heteroatoms. The Kier molecular flexibility index (Phi) is 4.77. The Bertz CT molecular complexity index is 563. The van der Waals surface area contributed by atoms with Crippen molar-refractivity contribution in [3.05, 3.63) is 23.6 Å². The third kappa shape index (κ3) is 3.85. The van der Waals surface area contributed by atoms with Crippen LogP contribution in [0.2, 0.25) is 0 Å². The van der Waals surface area contributed by atoms with Crippen molar-refractivity contribution in [3.63, 3.8) is 0 Å².